The Labute approximate surface area is 99.3 Å². The van der Waals surface area contributed by atoms with E-state index in [1.54, 1.807) is 0 Å². The minimum atomic E-state index is -0.743. The average molecular weight is 245 g/mol. The van der Waals surface area contributed by atoms with Gasteiger partial charge in [-0.2, -0.15) is 0 Å². The van der Waals surface area contributed by atoms with Gasteiger partial charge in [0.1, 0.15) is 0 Å². The molecular formula is C12H17ClOS. The Hall–Kier alpha value is -0.340. The van der Waals surface area contributed by atoms with Crippen LogP contribution in [0.3, 0.4) is 0 Å². The molecule has 3 heteroatoms. The van der Waals surface area contributed by atoms with E-state index in [0.29, 0.717) is 17.6 Å². The van der Waals surface area contributed by atoms with Crippen LogP contribution in [0, 0.1) is 5.92 Å². The van der Waals surface area contributed by atoms with E-state index in [1.165, 1.54) is 0 Å². The van der Waals surface area contributed by atoms with Crippen LogP contribution in [-0.4, -0.2) is 9.96 Å². The lowest BCUT2D eigenvalue weighted by Crippen LogP contribution is -2.06. The second-order valence-corrected chi connectivity index (χ2v) is 5.86. The van der Waals surface area contributed by atoms with Gasteiger partial charge in [0.25, 0.3) is 0 Å². The first-order valence-corrected chi connectivity index (χ1v) is 7.13. The molecule has 0 heterocycles. The molecule has 1 nitrogen and oxygen atoms in total. The second kappa shape index (κ2) is 6.29. The number of rotatable bonds is 5. The lowest BCUT2D eigenvalue weighted by Gasteiger charge is -2.05. The summed E-state index contributed by atoms with van der Waals surface area (Å²) < 4.78 is 11.7. The highest BCUT2D eigenvalue weighted by molar-refractivity contribution is 7.84. The Balaban J connectivity index is 2.53. The molecule has 0 amide bonds. The van der Waals surface area contributed by atoms with Crippen LogP contribution in [0.5, 0.6) is 0 Å². The molecule has 0 aliphatic heterocycles. The number of hydrogen-bond acceptors (Lipinski definition) is 1. The Morgan fingerprint density at radius 1 is 1.20 bits per heavy atom. The molecule has 0 saturated heterocycles. The summed E-state index contributed by atoms with van der Waals surface area (Å²) in [5, 5.41) is 0. The molecule has 0 fully saturated rings. The SMILES string of the molecule is CC(C)CS(=O)Cc1ccc(CCl)cc1. The lowest BCUT2D eigenvalue weighted by atomic mass is 10.2. The molecule has 1 aromatic carbocycles. The van der Waals surface area contributed by atoms with Gasteiger partial charge in [0.2, 0.25) is 0 Å². The third-order valence-electron chi connectivity index (χ3n) is 2.02. The van der Waals surface area contributed by atoms with Crippen molar-refractivity contribution >= 4 is 22.4 Å². The smallest absolute Gasteiger partial charge is 0.0485 e. The molecule has 1 unspecified atom stereocenters. The molecular weight excluding hydrogens is 228 g/mol. The van der Waals surface area contributed by atoms with E-state index < -0.39 is 10.8 Å². The molecule has 0 aliphatic carbocycles. The number of benzene rings is 1. The summed E-state index contributed by atoms with van der Waals surface area (Å²) in [5.74, 6) is 2.46. The zero-order chi connectivity index (χ0) is 11.3. The maximum Gasteiger partial charge on any atom is 0.0485 e. The van der Waals surface area contributed by atoms with Crippen LogP contribution in [0.15, 0.2) is 24.3 Å². The molecule has 1 atom stereocenters. The molecule has 1 rings (SSSR count). The second-order valence-electron chi connectivity index (χ2n) is 4.09. The van der Waals surface area contributed by atoms with Gasteiger partial charge in [0.15, 0.2) is 0 Å². The first kappa shape index (κ1) is 12.7. The average Bonchev–Trinajstić information content (AvgIpc) is 2.17. The van der Waals surface area contributed by atoms with Gasteiger partial charge in [-0.15, -0.1) is 11.6 Å². The minimum absolute atomic E-state index is 0.493. The molecule has 0 aliphatic rings. The fourth-order valence-electron chi connectivity index (χ4n) is 1.34. The largest absolute Gasteiger partial charge is 0.259 e. The summed E-state index contributed by atoms with van der Waals surface area (Å²) in [6.45, 7) is 4.18. The Morgan fingerprint density at radius 3 is 2.20 bits per heavy atom. The van der Waals surface area contributed by atoms with E-state index in [2.05, 4.69) is 13.8 Å². The van der Waals surface area contributed by atoms with Crippen molar-refractivity contribution in [1.82, 2.24) is 0 Å². The first-order chi connectivity index (χ1) is 7.11. The van der Waals surface area contributed by atoms with E-state index in [9.17, 15) is 4.21 Å². The molecule has 0 N–H and O–H groups in total. The topological polar surface area (TPSA) is 17.1 Å². The normalized spacial score (nSPS) is 13.1. The van der Waals surface area contributed by atoms with Crippen molar-refractivity contribution in [2.75, 3.05) is 5.75 Å². The summed E-state index contributed by atoms with van der Waals surface area (Å²) in [5.41, 5.74) is 2.23. The van der Waals surface area contributed by atoms with Crippen LogP contribution < -0.4 is 0 Å². The molecule has 15 heavy (non-hydrogen) atoms. The van der Waals surface area contributed by atoms with Gasteiger partial charge >= 0.3 is 0 Å². The lowest BCUT2D eigenvalue weighted by molar-refractivity contribution is 0.664. The third-order valence-corrected chi connectivity index (χ3v) is 4.03. The molecule has 0 saturated carbocycles. The van der Waals surface area contributed by atoms with Gasteiger partial charge in [0, 0.05) is 28.2 Å². The number of alkyl halides is 1. The monoisotopic (exact) mass is 244 g/mol. The highest BCUT2D eigenvalue weighted by Crippen LogP contribution is 2.10. The predicted molar refractivity (Wildman–Crippen MR) is 67.6 cm³/mol. The fourth-order valence-corrected chi connectivity index (χ4v) is 2.95. The van der Waals surface area contributed by atoms with Crippen molar-refractivity contribution in [3.63, 3.8) is 0 Å². The summed E-state index contributed by atoms with van der Waals surface area (Å²) >= 11 is 5.69. The van der Waals surface area contributed by atoms with Gasteiger partial charge < -0.3 is 0 Å². The molecule has 0 aromatic heterocycles. The molecule has 0 bridgehead atoms. The zero-order valence-electron chi connectivity index (χ0n) is 9.20. The Kier molecular flexibility index (Phi) is 5.34. The van der Waals surface area contributed by atoms with Crippen molar-refractivity contribution in [1.29, 1.82) is 0 Å². The first-order valence-electron chi connectivity index (χ1n) is 5.10. The van der Waals surface area contributed by atoms with Gasteiger partial charge in [-0.1, -0.05) is 38.1 Å². The van der Waals surface area contributed by atoms with E-state index in [4.69, 9.17) is 11.6 Å². The minimum Gasteiger partial charge on any atom is -0.259 e. The van der Waals surface area contributed by atoms with E-state index in [-0.39, 0.29) is 0 Å². The summed E-state index contributed by atoms with van der Waals surface area (Å²) in [4.78, 5) is 0. The van der Waals surface area contributed by atoms with Crippen LogP contribution in [0.1, 0.15) is 25.0 Å². The summed E-state index contributed by atoms with van der Waals surface area (Å²) in [7, 11) is -0.743. The highest BCUT2D eigenvalue weighted by atomic mass is 35.5. The number of hydrogen-bond donors (Lipinski definition) is 0. The van der Waals surface area contributed by atoms with Crippen LogP contribution >= 0.6 is 11.6 Å². The summed E-state index contributed by atoms with van der Waals surface area (Å²) in [6.07, 6.45) is 0. The Morgan fingerprint density at radius 2 is 1.73 bits per heavy atom. The van der Waals surface area contributed by atoms with E-state index in [0.717, 1.165) is 16.9 Å². The standard InChI is InChI=1S/C12H17ClOS/c1-10(2)8-15(14)9-12-5-3-11(7-13)4-6-12/h3-6,10H,7-9H2,1-2H3. The molecule has 1 aromatic rings. The third kappa shape index (κ3) is 4.80. The van der Waals surface area contributed by atoms with Gasteiger partial charge in [-0.25, -0.2) is 0 Å². The van der Waals surface area contributed by atoms with E-state index in [1.807, 2.05) is 24.3 Å². The van der Waals surface area contributed by atoms with Crippen LogP contribution in [0.4, 0.5) is 0 Å². The van der Waals surface area contributed by atoms with Gasteiger partial charge in [-0.05, 0) is 17.0 Å². The Bertz CT molecular complexity index is 319. The molecule has 84 valence electrons. The maximum absolute atomic E-state index is 11.7. The van der Waals surface area contributed by atoms with Crippen molar-refractivity contribution < 1.29 is 4.21 Å². The van der Waals surface area contributed by atoms with Gasteiger partial charge in [0.05, 0.1) is 0 Å². The van der Waals surface area contributed by atoms with Crippen LogP contribution in [0.2, 0.25) is 0 Å². The van der Waals surface area contributed by atoms with E-state index >= 15 is 0 Å². The predicted octanol–water partition coefficient (Wildman–Crippen LogP) is 3.33. The van der Waals surface area contributed by atoms with Crippen molar-refractivity contribution in [3.8, 4) is 0 Å². The zero-order valence-corrected chi connectivity index (χ0v) is 10.8. The maximum atomic E-state index is 11.7. The number of halogens is 1. The fraction of sp³-hybridized carbons (Fsp3) is 0.500. The highest BCUT2D eigenvalue weighted by Gasteiger charge is 2.04. The van der Waals surface area contributed by atoms with Crippen molar-refractivity contribution in [3.05, 3.63) is 35.4 Å². The van der Waals surface area contributed by atoms with Crippen molar-refractivity contribution in [2.45, 2.75) is 25.5 Å². The quantitative estimate of drug-likeness (QED) is 0.727. The van der Waals surface area contributed by atoms with Crippen molar-refractivity contribution in [2.24, 2.45) is 5.92 Å². The summed E-state index contributed by atoms with van der Waals surface area (Å²) in [6, 6.07) is 8.01. The molecule has 0 spiro atoms. The van der Waals surface area contributed by atoms with Gasteiger partial charge in [-0.3, -0.25) is 4.21 Å². The van der Waals surface area contributed by atoms with Crippen LogP contribution in [-0.2, 0) is 22.4 Å². The van der Waals surface area contributed by atoms with Crippen LogP contribution in [0.25, 0.3) is 0 Å². The molecule has 0 radical (unpaired) electrons.